The second-order valence-corrected chi connectivity index (χ2v) is 4.48. The Hall–Kier alpha value is -2.43. The molecule has 5 heteroatoms. The van der Waals surface area contributed by atoms with Crippen LogP contribution in [0.25, 0.3) is 0 Å². The number of nitrogens with one attached hydrogen (secondary N) is 1. The van der Waals surface area contributed by atoms with Crippen LogP contribution < -0.4 is 11.1 Å². The number of amides is 1. The van der Waals surface area contributed by atoms with E-state index >= 15 is 0 Å². The Bertz CT molecular complexity index is 636. The first-order chi connectivity index (χ1) is 9.49. The number of aryl methyl sites for hydroxylation is 1. The third-order valence-electron chi connectivity index (χ3n) is 2.95. The van der Waals surface area contributed by atoms with Gasteiger partial charge >= 0.3 is 0 Å². The van der Waals surface area contributed by atoms with Crippen LogP contribution in [-0.4, -0.2) is 5.91 Å². The van der Waals surface area contributed by atoms with Crippen LogP contribution in [0, 0.1) is 18.6 Å². The fourth-order valence-electron chi connectivity index (χ4n) is 1.90. The van der Waals surface area contributed by atoms with Gasteiger partial charge < -0.3 is 11.1 Å². The van der Waals surface area contributed by atoms with Crippen molar-refractivity contribution in [2.75, 3.05) is 11.1 Å². The standard InChI is InChI=1S/C15H14F2N2O/c1-9-4-2-7-12(18)15(9)19-13(20)8-10-5-3-6-11(16)14(10)17/h2-7H,8,18H2,1H3,(H,19,20). The van der Waals surface area contributed by atoms with Gasteiger partial charge in [0.05, 0.1) is 17.8 Å². The predicted molar refractivity (Wildman–Crippen MR) is 74.3 cm³/mol. The summed E-state index contributed by atoms with van der Waals surface area (Å²) in [6.45, 7) is 1.80. The molecule has 2 aromatic rings. The second kappa shape index (κ2) is 5.69. The maximum atomic E-state index is 13.5. The van der Waals surface area contributed by atoms with Crippen molar-refractivity contribution in [3.8, 4) is 0 Å². The van der Waals surface area contributed by atoms with E-state index in [1.54, 1.807) is 25.1 Å². The fourth-order valence-corrected chi connectivity index (χ4v) is 1.90. The lowest BCUT2D eigenvalue weighted by Crippen LogP contribution is -2.17. The van der Waals surface area contributed by atoms with Gasteiger partial charge in [-0.15, -0.1) is 0 Å². The second-order valence-electron chi connectivity index (χ2n) is 4.48. The van der Waals surface area contributed by atoms with Crippen LogP contribution >= 0.6 is 0 Å². The Balaban J connectivity index is 2.16. The van der Waals surface area contributed by atoms with E-state index in [1.165, 1.54) is 12.1 Å². The van der Waals surface area contributed by atoms with Crippen molar-refractivity contribution in [1.82, 2.24) is 0 Å². The van der Waals surface area contributed by atoms with Crippen LogP contribution in [0.5, 0.6) is 0 Å². The van der Waals surface area contributed by atoms with Crippen molar-refractivity contribution < 1.29 is 13.6 Å². The SMILES string of the molecule is Cc1cccc(N)c1NC(=O)Cc1cccc(F)c1F. The molecule has 0 saturated carbocycles. The largest absolute Gasteiger partial charge is 0.397 e. The summed E-state index contributed by atoms with van der Waals surface area (Å²) in [6, 6.07) is 8.98. The van der Waals surface area contributed by atoms with Gasteiger partial charge in [0.1, 0.15) is 0 Å². The first-order valence-electron chi connectivity index (χ1n) is 6.07. The van der Waals surface area contributed by atoms with E-state index in [2.05, 4.69) is 5.32 Å². The lowest BCUT2D eigenvalue weighted by molar-refractivity contribution is -0.115. The average Bonchev–Trinajstić information content (AvgIpc) is 2.39. The van der Waals surface area contributed by atoms with Crippen molar-refractivity contribution in [1.29, 1.82) is 0 Å². The molecule has 0 radical (unpaired) electrons. The van der Waals surface area contributed by atoms with Crippen LogP contribution in [0.4, 0.5) is 20.2 Å². The normalized spacial score (nSPS) is 10.3. The molecule has 0 aliphatic heterocycles. The summed E-state index contributed by atoms with van der Waals surface area (Å²) in [4.78, 5) is 11.9. The molecule has 1 amide bonds. The van der Waals surface area contributed by atoms with Crippen LogP contribution in [0.1, 0.15) is 11.1 Å². The molecule has 0 fully saturated rings. The highest BCUT2D eigenvalue weighted by molar-refractivity contribution is 5.96. The number of hydrogen-bond acceptors (Lipinski definition) is 2. The van der Waals surface area contributed by atoms with E-state index in [4.69, 9.17) is 5.73 Å². The average molecular weight is 276 g/mol. The zero-order valence-corrected chi connectivity index (χ0v) is 10.9. The topological polar surface area (TPSA) is 55.1 Å². The fraction of sp³-hybridized carbons (Fsp3) is 0.133. The van der Waals surface area contributed by atoms with E-state index in [0.29, 0.717) is 11.4 Å². The number of para-hydroxylation sites is 1. The van der Waals surface area contributed by atoms with E-state index < -0.39 is 17.5 Å². The Labute approximate surface area is 115 Å². The zero-order valence-electron chi connectivity index (χ0n) is 10.9. The molecule has 0 bridgehead atoms. The lowest BCUT2D eigenvalue weighted by atomic mass is 10.1. The molecule has 0 spiro atoms. The van der Waals surface area contributed by atoms with Gasteiger partial charge in [0.25, 0.3) is 0 Å². The lowest BCUT2D eigenvalue weighted by Gasteiger charge is -2.11. The maximum Gasteiger partial charge on any atom is 0.228 e. The number of rotatable bonds is 3. The Kier molecular flexibility index (Phi) is 3.98. The molecule has 104 valence electrons. The Morgan fingerprint density at radius 3 is 2.60 bits per heavy atom. The summed E-state index contributed by atoms with van der Waals surface area (Å²) in [7, 11) is 0. The summed E-state index contributed by atoms with van der Waals surface area (Å²) >= 11 is 0. The van der Waals surface area contributed by atoms with Crippen molar-refractivity contribution in [3.05, 3.63) is 59.2 Å². The smallest absolute Gasteiger partial charge is 0.228 e. The minimum absolute atomic E-state index is 0.00894. The third-order valence-corrected chi connectivity index (χ3v) is 2.95. The molecular formula is C15H14F2N2O. The van der Waals surface area contributed by atoms with Crippen molar-refractivity contribution in [2.24, 2.45) is 0 Å². The molecule has 0 unspecified atom stereocenters. The highest BCUT2D eigenvalue weighted by Gasteiger charge is 2.13. The predicted octanol–water partition coefficient (Wildman–Crippen LogP) is 3.04. The molecule has 2 rings (SSSR count). The molecule has 0 aromatic heterocycles. The molecular weight excluding hydrogens is 262 g/mol. The summed E-state index contributed by atoms with van der Waals surface area (Å²) < 4.78 is 26.5. The monoisotopic (exact) mass is 276 g/mol. The van der Waals surface area contributed by atoms with Crippen LogP contribution in [0.15, 0.2) is 36.4 Å². The number of nitrogen functional groups attached to an aromatic ring is 1. The van der Waals surface area contributed by atoms with Gasteiger partial charge in [0, 0.05) is 5.56 Å². The van der Waals surface area contributed by atoms with Crippen LogP contribution in [0.3, 0.4) is 0 Å². The molecule has 20 heavy (non-hydrogen) atoms. The molecule has 0 atom stereocenters. The minimum atomic E-state index is -1.000. The van der Waals surface area contributed by atoms with Gasteiger partial charge in [0.15, 0.2) is 11.6 Å². The molecule has 3 nitrogen and oxygen atoms in total. The number of hydrogen-bond donors (Lipinski definition) is 2. The van der Waals surface area contributed by atoms with Crippen LogP contribution in [-0.2, 0) is 11.2 Å². The zero-order chi connectivity index (χ0) is 14.7. The quantitative estimate of drug-likeness (QED) is 0.847. The number of halogens is 2. The highest BCUT2D eigenvalue weighted by Crippen LogP contribution is 2.23. The Morgan fingerprint density at radius 2 is 1.90 bits per heavy atom. The number of nitrogens with two attached hydrogens (primary N) is 1. The first kappa shape index (κ1) is 14.0. The van der Waals surface area contributed by atoms with E-state index in [9.17, 15) is 13.6 Å². The third kappa shape index (κ3) is 2.93. The molecule has 3 N–H and O–H groups in total. The van der Waals surface area contributed by atoms with Gasteiger partial charge in [-0.2, -0.15) is 0 Å². The number of carbonyl (C=O) groups is 1. The van der Waals surface area contributed by atoms with E-state index in [-0.39, 0.29) is 12.0 Å². The molecule has 0 aliphatic rings. The van der Waals surface area contributed by atoms with E-state index in [1.807, 2.05) is 0 Å². The molecule has 0 aliphatic carbocycles. The van der Waals surface area contributed by atoms with E-state index in [0.717, 1.165) is 11.6 Å². The summed E-state index contributed by atoms with van der Waals surface area (Å²) in [5.74, 6) is -2.42. The summed E-state index contributed by atoms with van der Waals surface area (Å²) in [6.07, 6.45) is -0.253. The summed E-state index contributed by atoms with van der Waals surface area (Å²) in [5, 5.41) is 2.62. The van der Waals surface area contributed by atoms with Crippen LogP contribution in [0.2, 0.25) is 0 Å². The number of carbonyl (C=O) groups excluding carboxylic acids is 1. The van der Waals surface area contributed by atoms with Gasteiger partial charge in [-0.05, 0) is 24.6 Å². The molecule has 0 heterocycles. The van der Waals surface area contributed by atoms with Crippen molar-refractivity contribution in [2.45, 2.75) is 13.3 Å². The number of benzene rings is 2. The van der Waals surface area contributed by atoms with Gasteiger partial charge in [0.2, 0.25) is 5.91 Å². The summed E-state index contributed by atoms with van der Waals surface area (Å²) in [5.41, 5.74) is 7.50. The highest BCUT2D eigenvalue weighted by atomic mass is 19.2. The van der Waals surface area contributed by atoms with Crippen molar-refractivity contribution >= 4 is 17.3 Å². The number of anilines is 2. The first-order valence-corrected chi connectivity index (χ1v) is 6.07. The molecule has 2 aromatic carbocycles. The minimum Gasteiger partial charge on any atom is -0.397 e. The maximum absolute atomic E-state index is 13.5. The van der Waals surface area contributed by atoms with Crippen molar-refractivity contribution in [3.63, 3.8) is 0 Å². The Morgan fingerprint density at radius 1 is 1.20 bits per heavy atom. The van der Waals surface area contributed by atoms with Gasteiger partial charge in [-0.25, -0.2) is 8.78 Å². The van der Waals surface area contributed by atoms with Gasteiger partial charge in [-0.1, -0.05) is 24.3 Å². The molecule has 0 saturated heterocycles. The van der Waals surface area contributed by atoms with Gasteiger partial charge in [-0.3, -0.25) is 4.79 Å².